The second-order valence-corrected chi connectivity index (χ2v) is 11.7. The number of halogens is 1. The van der Waals surface area contributed by atoms with Gasteiger partial charge in [0.2, 0.25) is 10.0 Å². The van der Waals surface area contributed by atoms with Gasteiger partial charge < -0.3 is 21.5 Å². The van der Waals surface area contributed by atoms with Gasteiger partial charge in [0.1, 0.15) is 6.54 Å². The van der Waals surface area contributed by atoms with Crippen molar-refractivity contribution >= 4 is 15.7 Å². The SMILES string of the molecule is CCCCCCCCCCCCS(=O)(=O)N1CC[N+](CC)(Cc2cccc([N+](=O)[O-])c2)CC1.[Br-]. The molecule has 0 aromatic heterocycles. The first kappa shape index (κ1) is 31.0. The van der Waals surface area contributed by atoms with Gasteiger partial charge in [0.05, 0.1) is 43.4 Å². The van der Waals surface area contributed by atoms with E-state index >= 15 is 0 Å². The summed E-state index contributed by atoms with van der Waals surface area (Å²) in [5.41, 5.74) is 1.05. The Balaban J connectivity index is 0.00000578. The Morgan fingerprint density at radius 1 is 0.941 bits per heavy atom. The number of piperazine rings is 1. The number of quaternary nitrogens is 1. The van der Waals surface area contributed by atoms with Crippen LogP contribution in [0.2, 0.25) is 0 Å². The second kappa shape index (κ2) is 15.9. The van der Waals surface area contributed by atoms with Gasteiger partial charge in [-0.1, -0.05) is 76.8 Å². The van der Waals surface area contributed by atoms with E-state index in [4.69, 9.17) is 0 Å². The van der Waals surface area contributed by atoms with Gasteiger partial charge in [-0.2, -0.15) is 4.31 Å². The van der Waals surface area contributed by atoms with Crippen molar-refractivity contribution in [3.05, 3.63) is 39.9 Å². The highest BCUT2D eigenvalue weighted by Crippen LogP contribution is 2.23. The number of hydrogen-bond acceptors (Lipinski definition) is 4. The lowest BCUT2D eigenvalue weighted by Gasteiger charge is -2.44. The van der Waals surface area contributed by atoms with Crippen LogP contribution in [0.5, 0.6) is 0 Å². The molecule has 34 heavy (non-hydrogen) atoms. The maximum absolute atomic E-state index is 12.8. The van der Waals surface area contributed by atoms with E-state index in [-0.39, 0.29) is 33.3 Å². The number of hydrogen-bond donors (Lipinski definition) is 0. The Morgan fingerprint density at radius 2 is 1.50 bits per heavy atom. The molecule has 0 aliphatic carbocycles. The lowest BCUT2D eigenvalue weighted by atomic mass is 10.1. The third-order valence-corrected chi connectivity index (χ3v) is 9.06. The first-order valence-corrected chi connectivity index (χ1v) is 14.5. The van der Waals surface area contributed by atoms with E-state index in [9.17, 15) is 18.5 Å². The average Bonchev–Trinajstić information content (AvgIpc) is 2.80. The minimum Gasteiger partial charge on any atom is -1.00 e. The van der Waals surface area contributed by atoms with Crippen molar-refractivity contribution in [1.82, 2.24) is 4.31 Å². The van der Waals surface area contributed by atoms with Crippen LogP contribution in [0.4, 0.5) is 5.69 Å². The number of nitro groups is 1. The molecule has 0 saturated carbocycles. The molecule has 0 radical (unpaired) electrons. The smallest absolute Gasteiger partial charge is 0.269 e. The van der Waals surface area contributed by atoms with E-state index < -0.39 is 10.0 Å². The summed E-state index contributed by atoms with van der Waals surface area (Å²) in [5.74, 6) is 0.251. The Morgan fingerprint density at radius 3 is 2.03 bits per heavy atom. The molecule has 2 rings (SSSR count). The molecule has 196 valence electrons. The van der Waals surface area contributed by atoms with E-state index in [1.807, 2.05) is 6.07 Å². The standard InChI is InChI=1S/C25H44N3O4S.BrH/c1-3-5-6-7-8-9-10-11-12-13-21-33(31,32)26-17-19-28(4-2,20-18-26)23-24-15-14-16-25(22-24)27(29)30;/h14-16,22H,3-13,17-21,23H2,1-2H3;1H/q+1;/p-1. The number of benzene rings is 1. The first-order valence-electron chi connectivity index (χ1n) is 12.9. The number of nitro benzene ring substituents is 1. The van der Waals surface area contributed by atoms with Crippen molar-refractivity contribution in [3.63, 3.8) is 0 Å². The molecule has 0 atom stereocenters. The van der Waals surface area contributed by atoms with Crippen molar-refractivity contribution in [2.24, 2.45) is 0 Å². The molecule has 1 aliphatic heterocycles. The summed E-state index contributed by atoms with van der Waals surface area (Å²) in [4.78, 5) is 10.7. The van der Waals surface area contributed by atoms with E-state index in [1.54, 1.807) is 16.4 Å². The third-order valence-electron chi connectivity index (χ3n) is 7.11. The Hall–Kier alpha value is -1.03. The van der Waals surface area contributed by atoms with E-state index in [2.05, 4.69) is 13.8 Å². The number of likely N-dealkylation sites (N-methyl/N-ethyl adjacent to an activating group) is 1. The largest absolute Gasteiger partial charge is 1.00 e. The van der Waals surface area contributed by atoms with Crippen molar-refractivity contribution < 1.29 is 34.8 Å². The molecular formula is C25H44BrN3O4S. The van der Waals surface area contributed by atoms with Gasteiger partial charge in [-0.3, -0.25) is 10.1 Å². The monoisotopic (exact) mass is 561 g/mol. The Labute approximate surface area is 217 Å². The van der Waals surface area contributed by atoms with E-state index in [1.165, 1.54) is 51.0 Å². The highest BCUT2D eigenvalue weighted by atomic mass is 79.9. The van der Waals surface area contributed by atoms with Crippen LogP contribution >= 0.6 is 0 Å². The zero-order valence-electron chi connectivity index (χ0n) is 21.1. The molecule has 1 fully saturated rings. The zero-order chi connectivity index (χ0) is 24.2. The van der Waals surface area contributed by atoms with Gasteiger partial charge in [-0.15, -0.1) is 0 Å². The number of nitrogens with zero attached hydrogens (tertiary/aromatic N) is 3. The quantitative estimate of drug-likeness (QED) is 0.134. The molecule has 1 heterocycles. The predicted octanol–water partition coefficient (Wildman–Crippen LogP) is 2.50. The molecule has 0 N–H and O–H groups in total. The van der Waals surface area contributed by atoms with Gasteiger partial charge in [0.25, 0.3) is 5.69 Å². The topological polar surface area (TPSA) is 80.5 Å². The fraction of sp³-hybridized carbons (Fsp3) is 0.760. The van der Waals surface area contributed by atoms with Crippen molar-refractivity contribution in [3.8, 4) is 0 Å². The molecule has 0 unspecified atom stereocenters. The maximum Gasteiger partial charge on any atom is 0.269 e. The summed E-state index contributed by atoms with van der Waals surface area (Å²) in [7, 11) is -3.21. The number of rotatable bonds is 16. The molecule has 1 aromatic carbocycles. The van der Waals surface area contributed by atoms with Gasteiger partial charge >= 0.3 is 0 Å². The van der Waals surface area contributed by atoms with Crippen LogP contribution in [-0.4, -0.2) is 60.6 Å². The predicted molar refractivity (Wildman–Crippen MR) is 135 cm³/mol. The van der Waals surface area contributed by atoms with Gasteiger partial charge in [-0.25, -0.2) is 8.42 Å². The molecule has 1 saturated heterocycles. The molecule has 0 bridgehead atoms. The van der Waals surface area contributed by atoms with Crippen LogP contribution in [0.3, 0.4) is 0 Å². The third kappa shape index (κ3) is 10.3. The summed E-state index contributed by atoms with van der Waals surface area (Å²) in [5, 5.41) is 11.1. The van der Waals surface area contributed by atoms with Crippen molar-refractivity contribution in [1.29, 1.82) is 0 Å². The number of unbranched alkanes of at least 4 members (excludes halogenated alkanes) is 9. The average molecular weight is 563 g/mol. The lowest BCUT2D eigenvalue weighted by molar-refractivity contribution is -0.942. The van der Waals surface area contributed by atoms with Gasteiger partial charge in [-0.05, 0) is 13.3 Å². The van der Waals surface area contributed by atoms with Crippen LogP contribution in [-0.2, 0) is 16.6 Å². The van der Waals surface area contributed by atoms with Crippen LogP contribution in [0.15, 0.2) is 24.3 Å². The lowest BCUT2D eigenvalue weighted by Crippen LogP contribution is -3.00. The van der Waals surface area contributed by atoms with E-state index in [0.29, 0.717) is 19.6 Å². The van der Waals surface area contributed by atoms with Crippen LogP contribution in [0.1, 0.15) is 83.6 Å². The Kier molecular flexibility index (Phi) is 14.5. The fourth-order valence-electron chi connectivity index (χ4n) is 4.79. The second-order valence-electron chi connectivity index (χ2n) is 9.59. The van der Waals surface area contributed by atoms with Crippen molar-refractivity contribution in [2.45, 2.75) is 84.6 Å². The summed E-state index contributed by atoms with van der Waals surface area (Å²) >= 11 is 0. The highest BCUT2D eigenvalue weighted by Gasteiger charge is 2.36. The summed E-state index contributed by atoms with van der Waals surface area (Å²) in [6.07, 6.45) is 11.9. The minimum absolute atomic E-state index is 0. The normalized spacial score (nSPS) is 16.2. The Bertz CT molecular complexity index is 827. The fourth-order valence-corrected chi connectivity index (χ4v) is 6.34. The number of sulfonamides is 1. The summed E-state index contributed by atoms with van der Waals surface area (Å²) < 4.78 is 28.1. The number of non-ortho nitro benzene ring substituents is 1. The molecule has 7 nitrogen and oxygen atoms in total. The molecule has 0 spiro atoms. The maximum atomic E-state index is 12.8. The summed E-state index contributed by atoms with van der Waals surface area (Å²) in [6, 6.07) is 6.81. The van der Waals surface area contributed by atoms with Gasteiger partial charge in [0.15, 0.2) is 0 Å². The highest BCUT2D eigenvalue weighted by molar-refractivity contribution is 7.89. The molecule has 9 heteroatoms. The zero-order valence-corrected chi connectivity index (χ0v) is 23.5. The molecule has 0 amide bonds. The van der Waals surface area contributed by atoms with Gasteiger partial charge in [0, 0.05) is 17.7 Å². The molecular weight excluding hydrogens is 518 g/mol. The molecule has 1 aliphatic rings. The first-order chi connectivity index (χ1) is 15.8. The van der Waals surface area contributed by atoms with E-state index in [0.717, 1.165) is 48.9 Å². The van der Waals surface area contributed by atoms with Crippen LogP contribution in [0, 0.1) is 10.1 Å². The van der Waals surface area contributed by atoms with Crippen LogP contribution in [0.25, 0.3) is 0 Å². The molecule has 1 aromatic rings. The van der Waals surface area contributed by atoms with Crippen molar-refractivity contribution in [2.75, 3.05) is 38.5 Å². The summed E-state index contributed by atoms with van der Waals surface area (Å²) in [6.45, 7) is 8.49. The van der Waals surface area contributed by atoms with Crippen LogP contribution < -0.4 is 17.0 Å². The minimum atomic E-state index is -3.21.